The summed E-state index contributed by atoms with van der Waals surface area (Å²) >= 11 is 0. The quantitative estimate of drug-likeness (QED) is 0.853. The molecule has 2 aromatic heterocycles. The highest BCUT2D eigenvalue weighted by Gasteiger charge is 2.22. The van der Waals surface area contributed by atoms with Crippen LogP contribution >= 0.6 is 0 Å². The van der Waals surface area contributed by atoms with Gasteiger partial charge in [0.2, 0.25) is 11.7 Å². The van der Waals surface area contributed by atoms with Crippen LogP contribution in [-0.2, 0) is 11.3 Å². The van der Waals surface area contributed by atoms with Crippen molar-refractivity contribution in [3.8, 4) is 0 Å². The van der Waals surface area contributed by atoms with Crippen LogP contribution in [0.1, 0.15) is 38.6 Å². The molecule has 0 aliphatic carbocycles. The van der Waals surface area contributed by atoms with Gasteiger partial charge >= 0.3 is 0 Å². The fourth-order valence-corrected chi connectivity index (χ4v) is 1.80. The number of aromatic nitrogens is 4. The molecule has 0 fully saturated rings. The van der Waals surface area contributed by atoms with Crippen LogP contribution in [0.3, 0.4) is 0 Å². The zero-order chi connectivity index (χ0) is 13.8. The Balaban J connectivity index is 2.09. The molecule has 2 heterocycles. The average Bonchev–Trinajstić information content (AvgIpc) is 2.96. The van der Waals surface area contributed by atoms with Gasteiger partial charge in [-0.25, -0.2) is 0 Å². The van der Waals surface area contributed by atoms with E-state index in [9.17, 15) is 0 Å². The molecular formula is C12H19N5O2. The van der Waals surface area contributed by atoms with Gasteiger partial charge in [-0.2, -0.15) is 10.1 Å². The summed E-state index contributed by atoms with van der Waals surface area (Å²) in [7, 11) is 0. The van der Waals surface area contributed by atoms with Crippen molar-refractivity contribution in [2.24, 2.45) is 5.92 Å². The topological polar surface area (TPSA) is 92.0 Å². The molecule has 0 radical (unpaired) electrons. The second-order valence-corrected chi connectivity index (χ2v) is 4.64. The van der Waals surface area contributed by atoms with Crippen molar-refractivity contribution in [1.82, 2.24) is 19.9 Å². The van der Waals surface area contributed by atoms with E-state index >= 15 is 0 Å². The van der Waals surface area contributed by atoms with Gasteiger partial charge < -0.3 is 15.0 Å². The lowest BCUT2D eigenvalue weighted by Gasteiger charge is -2.16. The molecule has 7 heteroatoms. The number of nitrogens with two attached hydrogens (primary N) is 1. The van der Waals surface area contributed by atoms with E-state index in [-0.39, 0.29) is 12.0 Å². The number of hydrogen-bond donors (Lipinski definition) is 1. The minimum Gasteiger partial charge on any atom is -0.396 e. The molecule has 2 rings (SSSR count). The molecule has 0 saturated carbocycles. The lowest BCUT2D eigenvalue weighted by atomic mass is 10.1. The highest BCUT2D eigenvalue weighted by Crippen LogP contribution is 2.23. The summed E-state index contributed by atoms with van der Waals surface area (Å²) in [5.74, 6) is 1.35. The van der Waals surface area contributed by atoms with E-state index in [2.05, 4.69) is 29.1 Å². The van der Waals surface area contributed by atoms with Gasteiger partial charge in [0.25, 0.3) is 0 Å². The van der Waals surface area contributed by atoms with Gasteiger partial charge in [-0.3, -0.25) is 4.68 Å². The summed E-state index contributed by atoms with van der Waals surface area (Å²) in [5.41, 5.74) is 6.20. The summed E-state index contributed by atoms with van der Waals surface area (Å²) in [5, 5.41) is 8.05. The Morgan fingerprint density at radius 1 is 1.47 bits per heavy atom. The summed E-state index contributed by atoms with van der Waals surface area (Å²) in [4.78, 5) is 4.35. The third-order valence-corrected chi connectivity index (χ3v) is 2.64. The van der Waals surface area contributed by atoms with Crippen LogP contribution < -0.4 is 5.73 Å². The van der Waals surface area contributed by atoms with Gasteiger partial charge in [-0.05, 0) is 12.8 Å². The van der Waals surface area contributed by atoms with Crippen LogP contribution in [0.15, 0.2) is 16.9 Å². The van der Waals surface area contributed by atoms with Crippen molar-refractivity contribution in [3.05, 3.63) is 24.1 Å². The molecule has 2 aromatic rings. The molecular weight excluding hydrogens is 246 g/mol. The smallest absolute Gasteiger partial charge is 0.248 e. The maximum absolute atomic E-state index is 5.63. The minimum absolute atomic E-state index is 0.148. The lowest BCUT2D eigenvalue weighted by Crippen LogP contribution is -2.13. The first-order valence-electron chi connectivity index (χ1n) is 6.32. The molecule has 0 bridgehead atoms. The Morgan fingerprint density at radius 3 is 2.84 bits per heavy atom. The summed E-state index contributed by atoms with van der Waals surface area (Å²) in [6, 6.07) is 0. The van der Waals surface area contributed by atoms with Gasteiger partial charge in [0.15, 0.2) is 0 Å². The Kier molecular flexibility index (Phi) is 4.16. The number of nitrogen functional groups attached to an aromatic ring is 1. The molecule has 1 atom stereocenters. The van der Waals surface area contributed by atoms with E-state index in [1.165, 1.54) is 0 Å². The van der Waals surface area contributed by atoms with E-state index in [0.29, 0.717) is 30.6 Å². The molecule has 19 heavy (non-hydrogen) atoms. The fourth-order valence-electron chi connectivity index (χ4n) is 1.80. The summed E-state index contributed by atoms with van der Waals surface area (Å²) < 4.78 is 12.5. The minimum atomic E-state index is -0.148. The van der Waals surface area contributed by atoms with Crippen molar-refractivity contribution >= 4 is 5.69 Å². The first kappa shape index (κ1) is 13.5. The summed E-state index contributed by atoms with van der Waals surface area (Å²) in [6.07, 6.45) is 3.14. The Labute approximate surface area is 111 Å². The molecule has 104 valence electrons. The van der Waals surface area contributed by atoms with Gasteiger partial charge in [0.1, 0.15) is 12.6 Å². The lowest BCUT2D eigenvalue weighted by molar-refractivity contribution is 0.0217. The maximum atomic E-state index is 5.63. The van der Waals surface area contributed by atoms with E-state index in [1.807, 2.05) is 6.92 Å². The number of anilines is 1. The number of hydrogen-bond acceptors (Lipinski definition) is 6. The molecule has 0 spiro atoms. The Morgan fingerprint density at radius 2 is 2.26 bits per heavy atom. The fraction of sp³-hybridized carbons (Fsp3) is 0.583. The molecule has 0 aliphatic rings. The standard InChI is InChI=1S/C12H19N5O2/c1-4-18-11(8(2)3)12-15-10(19-16-12)7-17-6-9(13)5-14-17/h5-6,8,11H,4,7,13H2,1-3H3. The van der Waals surface area contributed by atoms with Gasteiger partial charge in [-0.15, -0.1) is 0 Å². The molecule has 2 N–H and O–H groups in total. The first-order chi connectivity index (χ1) is 9.10. The van der Waals surface area contributed by atoms with E-state index < -0.39 is 0 Å². The van der Waals surface area contributed by atoms with E-state index in [1.54, 1.807) is 17.1 Å². The van der Waals surface area contributed by atoms with Gasteiger partial charge in [-0.1, -0.05) is 19.0 Å². The zero-order valence-corrected chi connectivity index (χ0v) is 11.4. The highest BCUT2D eigenvalue weighted by atomic mass is 16.5. The third kappa shape index (κ3) is 3.31. The Hall–Kier alpha value is -1.89. The predicted molar refractivity (Wildman–Crippen MR) is 69.2 cm³/mol. The van der Waals surface area contributed by atoms with Crippen LogP contribution in [-0.4, -0.2) is 26.5 Å². The second kappa shape index (κ2) is 5.83. The van der Waals surface area contributed by atoms with Crippen molar-refractivity contribution in [3.63, 3.8) is 0 Å². The zero-order valence-electron chi connectivity index (χ0n) is 11.4. The van der Waals surface area contributed by atoms with Crippen LogP contribution in [0.25, 0.3) is 0 Å². The maximum Gasteiger partial charge on any atom is 0.248 e. The third-order valence-electron chi connectivity index (χ3n) is 2.64. The van der Waals surface area contributed by atoms with E-state index in [0.717, 1.165) is 0 Å². The normalized spacial score (nSPS) is 13.1. The predicted octanol–water partition coefficient (Wildman–Crippen LogP) is 1.63. The average molecular weight is 265 g/mol. The van der Waals surface area contributed by atoms with Crippen LogP contribution in [0.4, 0.5) is 5.69 Å². The monoisotopic (exact) mass is 265 g/mol. The SMILES string of the molecule is CCOC(c1noc(Cn2cc(N)cn2)n1)C(C)C. The largest absolute Gasteiger partial charge is 0.396 e. The summed E-state index contributed by atoms with van der Waals surface area (Å²) in [6.45, 7) is 7.08. The van der Waals surface area contributed by atoms with Crippen LogP contribution in [0.5, 0.6) is 0 Å². The molecule has 7 nitrogen and oxygen atoms in total. The highest BCUT2D eigenvalue weighted by molar-refractivity contribution is 5.30. The first-order valence-corrected chi connectivity index (χ1v) is 6.32. The molecule has 1 unspecified atom stereocenters. The van der Waals surface area contributed by atoms with E-state index in [4.69, 9.17) is 15.0 Å². The second-order valence-electron chi connectivity index (χ2n) is 4.64. The van der Waals surface area contributed by atoms with Crippen LogP contribution in [0.2, 0.25) is 0 Å². The Bertz CT molecular complexity index is 520. The van der Waals surface area contributed by atoms with Crippen molar-refractivity contribution in [2.75, 3.05) is 12.3 Å². The van der Waals surface area contributed by atoms with Crippen LogP contribution in [0, 0.1) is 5.92 Å². The molecule has 0 aromatic carbocycles. The van der Waals surface area contributed by atoms with Crippen molar-refractivity contribution < 1.29 is 9.26 Å². The van der Waals surface area contributed by atoms with Crippen molar-refractivity contribution in [2.45, 2.75) is 33.4 Å². The van der Waals surface area contributed by atoms with Crippen molar-refractivity contribution in [1.29, 1.82) is 0 Å². The number of nitrogens with zero attached hydrogens (tertiary/aromatic N) is 4. The van der Waals surface area contributed by atoms with Gasteiger partial charge in [0, 0.05) is 12.8 Å². The molecule has 0 amide bonds. The molecule has 0 saturated heterocycles. The van der Waals surface area contributed by atoms with Gasteiger partial charge in [0.05, 0.1) is 11.9 Å². The molecule has 0 aliphatic heterocycles. The number of ether oxygens (including phenoxy) is 1. The number of rotatable bonds is 6.